The molecule has 1 aromatic carbocycles. The molecule has 1 aromatic rings. The number of hydrogen-bond donors (Lipinski definition) is 1. The van der Waals surface area contributed by atoms with E-state index >= 15 is 0 Å². The van der Waals surface area contributed by atoms with Crippen molar-refractivity contribution in [1.29, 1.82) is 0 Å². The summed E-state index contributed by atoms with van der Waals surface area (Å²) < 4.78 is 0. The number of hydrogen-bond acceptors (Lipinski definition) is 3. The van der Waals surface area contributed by atoms with Crippen LogP contribution in [-0.2, 0) is 16.0 Å². The second-order valence-corrected chi connectivity index (χ2v) is 5.98. The summed E-state index contributed by atoms with van der Waals surface area (Å²) in [6, 6.07) is 7.79. The number of nitrogens with one attached hydrogen (secondary N) is 1. The van der Waals surface area contributed by atoms with Gasteiger partial charge in [-0.1, -0.05) is 24.3 Å². The lowest BCUT2D eigenvalue weighted by Gasteiger charge is -2.26. The summed E-state index contributed by atoms with van der Waals surface area (Å²) in [7, 11) is 0. The third kappa shape index (κ3) is 2.89. The molecule has 0 spiro atoms. The van der Waals surface area contributed by atoms with E-state index in [4.69, 9.17) is 0 Å². The van der Waals surface area contributed by atoms with Crippen molar-refractivity contribution in [3.05, 3.63) is 35.4 Å². The molecule has 0 bridgehead atoms. The van der Waals surface area contributed by atoms with Crippen molar-refractivity contribution in [3.63, 3.8) is 0 Å². The maximum atomic E-state index is 12.5. The molecule has 3 rings (SSSR count). The fourth-order valence-electron chi connectivity index (χ4n) is 3.35. The van der Waals surface area contributed by atoms with Crippen LogP contribution in [0, 0.1) is 11.8 Å². The van der Waals surface area contributed by atoms with E-state index < -0.39 is 0 Å². The van der Waals surface area contributed by atoms with E-state index in [1.165, 1.54) is 0 Å². The predicted molar refractivity (Wildman–Crippen MR) is 77.7 cm³/mol. The van der Waals surface area contributed by atoms with E-state index in [1.54, 1.807) is 0 Å². The van der Waals surface area contributed by atoms with Crippen LogP contribution in [-0.4, -0.2) is 17.6 Å². The van der Waals surface area contributed by atoms with Gasteiger partial charge in [-0.15, -0.1) is 0 Å². The lowest BCUT2D eigenvalue weighted by molar-refractivity contribution is -0.136. The standard InChI is InChI=1S/C17H19NO3/c19-15-10-9-13(17(21)18-15)8-7-12-6-5-11-3-1-2-4-14(11)16(12)20/h1-4,12-13H,5-10H2,(H,18,19,21). The molecule has 1 fully saturated rings. The quantitative estimate of drug-likeness (QED) is 0.866. The second kappa shape index (κ2) is 5.80. The number of benzene rings is 1. The van der Waals surface area contributed by atoms with Gasteiger partial charge in [0.25, 0.3) is 0 Å². The lowest BCUT2D eigenvalue weighted by atomic mass is 9.78. The van der Waals surface area contributed by atoms with Gasteiger partial charge in [0.15, 0.2) is 5.78 Å². The smallest absolute Gasteiger partial charge is 0.229 e. The fourth-order valence-corrected chi connectivity index (χ4v) is 3.35. The number of ketones is 1. The summed E-state index contributed by atoms with van der Waals surface area (Å²) in [6.07, 6.45) is 4.25. The van der Waals surface area contributed by atoms with Crippen LogP contribution in [0.5, 0.6) is 0 Å². The average Bonchev–Trinajstić information content (AvgIpc) is 2.48. The molecule has 2 unspecified atom stereocenters. The summed E-state index contributed by atoms with van der Waals surface area (Å²) in [5.74, 6) is -0.240. The van der Waals surface area contributed by atoms with E-state index in [0.717, 1.165) is 30.4 Å². The Hall–Kier alpha value is -1.97. The number of imide groups is 1. The zero-order valence-corrected chi connectivity index (χ0v) is 11.9. The summed E-state index contributed by atoms with van der Waals surface area (Å²) >= 11 is 0. The van der Waals surface area contributed by atoms with Gasteiger partial charge in [0.05, 0.1) is 0 Å². The van der Waals surface area contributed by atoms with Gasteiger partial charge in [-0.05, 0) is 37.7 Å². The Kier molecular flexibility index (Phi) is 3.86. The number of carbonyl (C=O) groups excluding carboxylic acids is 3. The van der Waals surface area contributed by atoms with E-state index in [-0.39, 0.29) is 29.4 Å². The van der Waals surface area contributed by atoms with Crippen LogP contribution >= 0.6 is 0 Å². The van der Waals surface area contributed by atoms with Gasteiger partial charge in [-0.25, -0.2) is 0 Å². The Morgan fingerprint density at radius 2 is 1.67 bits per heavy atom. The van der Waals surface area contributed by atoms with Gasteiger partial charge in [0.1, 0.15) is 0 Å². The fraction of sp³-hybridized carbons (Fsp3) is 0.471. The largest absolute Gasteiger partial charge is 0.296 e. The Morgan fingerprint density at radius 3 is 2.48 bits per heavy atom. The molecule has 4 heteroatoms. The highest BCUT2D eigenvalue weighted by atomic mass is 16.2. The molecule has 2 aliphatic rings. The molecule has 1 saturated heterocycles. The van der Waals surface area contributed by atoms with Crippen LogP contribution in [0.25, 0.3) is 0 Å². The predicted octanol–water partition coefficient (Wildman–Crippen LogP) is 2.26. The van der Waals surface area contributed by atoms with E-state index in [0.29, 0.717) is 19.3 Å². The maximum Gasteiger partial charge on any atom is 0.229 e. The SMILES string of the molecule is O=C1CCC(CCC2CCc3ccccc3C2=O)C(=O)N1. The molecule has 1 aliphatic carbocycles. The number of aryl methyl sites for hydroxylation is 1. The second-order valence-electron chi connectivity index (χ2n) is 5.98. The van der Waals surface area contributed by atoms with E-state index in [9.17, 15) is 14.4 Å². The number of rotatable bonds is 3. The van der Waals surface area contributed by atoms with Gasteiger partial charge in [-0.3, -0.25) is 19.7 Å². The maximum absolute atomic E-state index is 12.5. The lowest BCUT2D eigenvalue weighted by Crippen LogP contribution is -2.41. The Balaban J connectivity index is 1.61. The molecular weight excluding hydrogens is 266 g/mol. The molecule has 0 radical (unpaired) electrons. The van der Waals surface area contributed by atoms with Gasteiger partial charge in [0.2, 0.25) is 11.8 Å². The van der Waals surface area contributed by atoms with Crippen molar-refractivity contribution >= 4 is 17.6 Å². The van der Waals surface area contributed by atoms with Crippen LogP contribution in [0.3, 0.4) is 0 Å². The molecule has 21 heavy (non-hydrogen) atoms. The summed E-state index contributed by atoms with van der Waals surface area (Å²) in [5.41, 5.74) is 1.98. The summed E-state index contributed by atoms with van der Waals surface area (Å²) in [4.78, 5) is 35.3. The van der Waals surface area contributed by atoms with E-state index in [2.05, 4.69) is 5.32 Å². The first-order valence-corrected chi connectivity index (χ1v) is 7.61. The number of Topliss-reactive ketones (excluding diaryl/α,β-unsaturated/α-hetero) is 1. The normalized spacial score (nSPS) is 25.4. The molecule has 1 heterocycles. The topological polar surface area (TPSA) is 63.2 Å². The highest BCUT2D eigenvalue weighted by molar-refractivity contribution is 6.00. The van der Waals surface area contributed by atoms with Crippen molar-refractivity contribution < 1.29 is 14.4 Å². The summed E-state index contributed by atoms with van der Waals surface area (Å²) in [5, 5.41) is 2.38. The van der Waals surface area contributed by atoms with Crippen molar-refractivity contribution in [2.75, 3.05) is 0 Å². The van der Waals surface area contributed by atoms with Crippen molar-refractivity contribution in [3.8, 4) is 0 Å². The average molecular weight is 285 g/mol. The minimum atomic E-state index is -0.182. The van der Waals surface area contributed by atoms with Crippen LogP contribution in [0.1, 0.15) is 48.0 Å². The molecule has 0 saturated carbocycles. The molecule has 0 aromatic heterocycles. The van der Waals surface area contributed by atoms with Gasteiger partial charge < -0.3 is 0 Å². The zero-order chi connectivity index (χ0) is 14.8. The Labute approximate surface area is 123 Å². The van der Waals surface area contributed by atoms with Crippen LogP contribution < -0.4 is 5.32 Å². The molecule has 2 atom stereocenters. The van der Waals surface area contributed by atoms with Gasteiger partial charge in [-0.2, -0.15) is 0 Å². The Bertz CT molecular complexity index is 593. The molecule has 1 N–H and O–H groups in total. The van der Waals surface area contributed by atoms with Gasteiger partial charge >= 0.3 is 0 Å². The zero-order valence-electron chi connectivity index (χ0n) is 11.9. The molecule has 2 amide bonds. The minimum absolute atomic E-state index is 0.0188. The number of amides is 2. The monoisotopic (exact) mass is 285 g/mol. The van der Waals surface area contributed by atoms with E-state index in [1.807, 2.05) is 24.3 Å². The molecule has 1 aliphatic heterocycles. The number of piperidine rings is 1. The molecule has 4 nitrogen and oxygen atoms in total. The van der Waals surface area contributed by atoms with Crippen LogP contribution in [0.15, 0.2) is 24.3 Å². The van der Waals surface area contributed by atoms with Crippen molar-refractivity contribution in [1.82, 2.24) is 5.32 Å². The highest BCUT2D eigenvalue weighted by Gasteiger charge is 2.30. The van der Waals surface area contributed by atoms with Crippen molar-refractivity contribution in [2.24, 2.45) is 11.8 Å². The van der Waals surface area contributed by atoms with Crippen LogP contribution in [0.2, 0.25) is 0 Å². The first-order chi connectivity index (χ1) is 10.1. The Morgan fingerprint density at radius 1 is 0.952 bits per heavy atom. The third-order valence-electron chi connectivity index (χ3n) is 4.63. The molecular formula is C17H19NO3. The first-order valence-electron chi connectivity index (χ1n) is 7.61. The van der Waals surface area contributed by atoms with Crippen molar-refractivity contribution in [2.45, 2.75) is 38.5 Å². The summed E-state index contributed by atoms with van der Waals surface area (Å²) in [6.45, 7) is 0. The van der Waals surface area contributed by atoms with Crippen LogP contribution in [0.4, 0.5) is 0 Å². The first kappa shape index (κ1) is 14.0. The third-order valence-corrected chi connectivity index (χ3v) is 4.63. The molecule has 110 valence electrons. The van der Waals surface area contributed by atoms with Gasteiger partial charge in [0, 0.05) is 23.8 Å². The minimum Gasteiger partial charge on any atom is -0.296 e. The highest BCUT2D eigenvalue weighted by Crippen LogP contribution is 2.30. The number of carbonyl (C=O) groups is 3. The number of fused-ring (bicyclic) bond motifs is 1.